The first-order valence-electron chi connectivity index (χ1n) is 7.00. The molecule has 1 fully saturated rings. The van der Waals surface area contributed by atoms with E-state index < -0.39 is 0 Å². The molecule has 1 saturated heterocycles. The van der Waals surface area contributed by atoms with Crippen LogP contribution in [0.15, 0.2) is 18.2 Å². The molecule has 3 nitrogen and oxygen atoms in total. The third-order valence-electron chi connectivity index (χ3n) is 4.06. The lowest BCUT2D eigenvalue weighted by Crippen LogP contribution is -2.50. The second-order valence-electron chi connectivity index (χ2n) is 5.70. The van der Waals surface area contributed by atoms with Crippen molar-refractivity contribution >= 4 is 5.69 Å². The number of anilines is 1. The van der Waals surface area contributed by atoms with Gasteiger partial charge in [0.1, 0.15) is 12.4 Å². The second-order valence-corrected chi connectivity index (χ2v) is 5.70. The summed E-state index contributed by atoms with van der Waals surface area (Å²) < 4.78 is 6.07. The maximum atomic E-state index is 6.07. The topological polar surface area (TPSA) is 33.3 Å². The van der Waals surface area contributed by atoms with Gasteiger partial charge >= 0.3 is 0 Å². The predicted octanol–water partition coefficient (Wildman–Crippen LogP) is 2.57. The summed E-state index contributed by atoms with van der Waals surface area (Å²) in [4.78, 5) is 0. The zero-order chi connectivity index (χ0) is 12.4. The van der Waals surface area contributed by atoms with Gasteiger partial charge in [-0.3, -0.25) is 0 Å². The Labute approximate surface area is 109 Å². The number of ether oxygens (including phenoxy) is 1. The SMILES string of the molecule is CC1(COc2cccc3c2NCC3)CCCCN1. The minimum Gasteiger partial charge on any atom is -0.490 e. The second kappa shape index (κ2) is 4.81. The van der Waals surface area contributed by atoms with Crippen molar-refractivity contribution < 1.29 is 4.74 Å². The van der Waals surface area contributed by atoms with Crippen molar-refractivity contribution in [2.75, 3.05) is 25.0 Å². The summed E-state index contributed by atoms with van der Waals surface area (Å²) in [6.45, 7) is 5.17. The molecule has 1 aromatic rings. The molecule has 3 heteroatoms. The fraction of sp³-hybridized carbons (Fsp3) is 0.600. The summed E-state index contributed by atoms with van der Waals surface area (Å²) in [5, 5.41) is 7.01. The first-order valence-corrected chi connectivity index (χ1v) is 7.00. The van der Waals surface area contributed by atoms with Crippen LogP contribution in [0.5, 0.6) is 5.75 Å². The Kier molecular flexibility index (Phi) is 3.16. The van der Waals surface area contributed by atoms with E-state index >= 15 is 0 Å². The molecule has 2 aliphatic heterocycles. The highest BCUT2D eigenvalue weighted by Gasteiger charge is 2.27. The smallest absolute Gasteiger partial charge is 0.142 e. The standard InChI is InChI=1S/C15H22N2O/c1-15(8-2-3-9-17-15)11-18-13-6-4-5-12-7-10-16-14(12)13/h4-6,16-17H,2-3,7-11H2,1H3. The molecule has 2 heterocycles. The van der Waals surface area contributed by atoms with Crippen LogP contribution in [0.1, 0.15) is 31.7 Å². The van der Waals surface area contributed by atoms with E-state index in [2.05, 4.69) is 35.8 Å². The van der Waals surface area contributed by atoms with Gasteiger partial charge in [0.25, 0.3) is 0 Å². The van der Waals surface area contributed by atoms with Crippen molar-refractivity contribution in [3.8, 4) is 5.75 Å². The molecule has 0 radical (unpaired) electrons. The van der Waals surface area contributed by atoms with Crippen LogP contribution in [0.4, 0.5) is 5.69 Å². The van der Waals surface area contributed by atoms with Gasteiger partial charge in [0.15, 0.2) is 0 Å². The monoisotopic (exact) mass is 246 g/mol. The van der Waals surface area contributed by atoms with E-state index in [0.29, 0.717) is 0 Å². The van der Waals surface area contributed by atoms with E-state index in [1.54, 1.807) is 0 Å². The molecule has 0 saturated carbocycles. The van der Waals surface area contributed by atoms with Crippen molar-refractivity contribution in [3.05, 3.63) is 23.8 Å². The van der Waals surface area contributed by atoms with E-state index in [1.165, 1.54) is 30.5 Å². The van der Waals surface area contributed by atoms with E-state index in [1.807, 2.05) is 0 Å². The van der Waals surface area contributed by atoms with Gasteiger partial charge in [-0.1, -0.05) is 18.6 Å². The minimum atomic E-state index is 0.138. The number of piperidine rings is 1. The molecule has 2 aliphatic rings. The molecule has 0 bridgehead atoms. The van der Waals surface area contributed by atoms with Crippen LogP contribution in [-0.2, 0) is 6.42 Å². The summed E-state index contributed by atoms with van der Waals surface area (Å²) in [5.74, 6) is 1.01. The Hall–Kier alpha value is -1.22. The third-order valence-corrected chi connectivity index (χ3v) is 4.06. The molecule has 1 aromatic carbocycles. The third kappa shape index (κ3) is 2.32. The minimum absolute atomic E-state index is 0.138. The van der Waals surface area contributed by atoms with Gasteiger partial charge in [0.05, 0.1) is 5.69 Å². The van der Waals surface area contributed by atoms with Crippen LogP contribution < -0.4 is 15.4 Å². The van der Waals surface area contributed by atoms with Crippen LogP contribution in [0.25, 0.3) is 0 Å². The molecule has 0 spiro atoms. The van der Waals surface area contributed by atoms with Crippen LogP contribution >= 0.6 is 0 Å². The van der Waals surface area contributed by atoms with Crippen LogP contribution in [-0.4, -0.2) is 25.2 Å². The average molecular weight is 246 g/mol. The Morgan fingerprint density at radius 2 is 2.22 bits per heavy atom. The first kappa shape index (κ1) is 11.8. The Bertz CT molecular complexity index is 425. The van der Waals surface area contributed by atoms with Crippen molar-refractivity contribution in [2.24, 2.45) is 0 Å². The highest BCUT2D eigenvalue weighted by Crippen LogP contribution is 2.33. The summed E-state index contributed by atoms with van der Waals surface area (Å²) >= 11 is 0. The Morgan fingerprint density at radius 3 is 3.06 bits per heavy atom. The summed E-state index contributed by atoms with van der Waals surface area (Å²) in [6.07, 6.45) is 4.91. The maximum Gasteiger partial charge on any atom is 0.142 e. The molecule has 0 aliphatic carbocycles. The molecule has 1 unspecified atom stereocenters. The number of para-hydroxylation sites is 1. The molecular formula is C15H22N2O. The van der Waals surface area contributed by atoms with Gasteiger partial charge in [0, 0.05) is 12.1 Å². The van der Waals surface area contributed by atoms with Crippen molar-refractivity contribution in [3.63, 3.8) is 0 Å². The van der Waals surface area contributed by atoms with Crippen molar-refractivity contribution in [2.45, 2.75) is 38.1 Å². The fourth-order valence-electron chi connectivity index (χ4n) is 2.91. The number of hydrogen-bond donors (Lipinski definition) is 2. The zero-order valence-electron chi connectivity index (χ0n) is 11.1. The Balaban J connectivity index is 1.68. The van der Waals surface area contributed by atoms with E-state index in [4.69, 9.17) is 4.74 Å². The highest BCUT2D eigenvalue weighted by molar-refractivity contribution is 5.65. The fourth-order valence-corrected chi connectivity index (χ4v) is 2.91. The van der Waals surface area contributed by atoms with E-state index in [9.17, 15) is 0 Å². The van der Waals surface area contributed by atoms with Crippen LogP contribution in [0, 0.1) is 0 Å². The number of nitrogens with one attached hydrogen (secondary N) is 2. The maximum absolute atomic E-state index is 6.07. The molecule has 98 valence electrons. The summed E-state index contributed by atoms with van der Waals surface area (Å²) in [6, 6.07) is 6.35. The quantitative estimate of drug-likeness (QED) is 0.860. The number of hydrogen-bond acceptors (Lipinski definition) is 3. The molecule has 2 N–H and O–H groups in total. The van der Waals surface area contributed by atoms with Gasteiger partial charge in [-0.05, 0) is 44.4 Å². The molecule has 0 aromatic heterocycles. The normalized spacial score (nSPS) is 26.5. The highest BCUT2D eigenvalue weighted by atomic mass is 16.5. The van der Waals surface area contributed by atoms with Gasteiger partial charge in [-0.25, -0.2) is 0 Å². The van der Waals surface area contributed by atoms with E-state index in [0.717, 1.165) is 31.9 Å². The number of fused-ring (bicyclic) bond motifs is 1. The molecular weight excluding hydrogens is 224 g/mol. The van der Waals surface area contributed by atoms with Gasteiger partial charge in [-0.15, -0.1) is 0 Å². The van der Waals surface area contributed by atoms with Crippen molar-refractivity contribution in [1.29, 1.82) is 0 Å². The summed E-state index contributed by atoms with van der Waals surface area (Å²) in [7, 11) is 0. The lowest BCUT2D eigenvalue weighted by molar-refractivity contribution is 0.164. The lowest BCUT2D eigenvalue weighted by Gasteiger charge is -2.34. The van der Waals surface area contributed by atoms with Crippen LogP contribution in [0.3, 0.4) is 0 Å². The average Bonchev–Trinajstić information content (AvgIpc) is 2.86. The Morgan fingerprint density at radius 1 is 1.28 bits per heavy atom. The first-order chi connectivity index (χ1) is 8.77. The van der Waals surface area contributed by atoms with Gasteiger partial charge in [-0.2, -0.15) is 0 Å². The summed E-state index contributed by atoms with van der Waals surface area (Å²) in [5.41, 5.74) is 2.73. The van der Waals surface area contributed by atoms with Crippen molar-refractivity contribution in [1.82, 2.24) is 5.32 Å². The van der Waals surface area contributed by atoms with Gasteiger partial charge in [0.2, 0.25) is 0 Å². The molecule has 18 heavy (non-hydrogen) atoms. The van der Waals surface area contributed by atoms with E-state index in [-0.39, 0.29) is 5.54 Å². The number of rotatable bonds is 3. The largest absolute Gasteiger partial charge is 0.490 e. The van der Waals surface area contributed by atoms with Gasteiger partial charge < -0.3 is 15.4 Å². The molecule has 1 atom stereocenters. The lowest BCUT2D eigenvalue weighted by atomic mass is 9.92. The number of benzene rings is 1. The molecule has 0 amide bonds. The van der Waals surface area contributed by atoms with Crippen LogP contribution in [0.2, 0.25) is 0 Å². The molecule has 3 rings (SSSR count). The zero-order valence-corrected chi connectivity index (χ0v) is 11.1. The predicted molar refractivity (Wildman–Crippen MR) is 74.4 cm³/mol.